The average molecular weight is 277 g/mol. The molecule has 1 N–H and O–H groups in total. The highest BCUT2D eigenvalue weighted by molar-refractivity contribution is 9.10. The smallest absolute Gasteiger partial charge is 0.146 e. The molecule has 0 heterocycles. The van der Waals surface area contributed by atoms with Gasteiger partial charge in [-0.3, -0.25) is 0 Å². The van der Waals surface area contributed by atoms with Gasteiger partial charge in [0.1, 0.15) is 11.6 Å². The van der Waals surface area contributed by atoms with Crippen LogP contribution in [0.2, 0.25) is 0 Å². The van der Waals surface area contributed by atoms with Crippen molar-refractivity contribution < 1.29 is 13.9 Å². The van der Waals surface area contributed by atoms with Gasteiger partial charge in [-0.1, -0.05) is 12.8 Å². The molecule has 4 heteroatoms. The molecule has 2 rings (SSSR count). The first kappa shape index (κ1) is 11.0. The number of hydrogen-bond donors (Lipinski definition) is 1. The summed E-state index contributed by atoms with van der Waals surface area (Å²) < 4.78 is 27.1. The zero-order valence-corrected chi connectivity index (χ0v) is 9.60. The average Bonchev–Trinajstić information content (AvgIpc) is 2.96. The Morgan fingerprint density at radius 3 is 2.67 bits per heavy atom. The van der Waals surface area contributed by atoms with Crippen LogP contribution in [0.4, 0.5) is 8.78 Å². The minimum atomic E-state index is -1.03. The summed E-state index contributed by atoms with van der Waals surface area (Å²) in [6, 6.07) is 2.47. The van der Waals surface area contributed by atoms with E-state index in [9.17, 15) is 13.9 Å². The third kappa shape index (κ3) is 2.37. The van der Waals surface area contributed by atoms with Crippen molar-refractivity contribution in [1.82, 2.24) is 0 Å². The summed E-state index contributed by atoms with van der Waals surface area (Å²) >= 11 is 2.98. The number of halogens is 3. The van der Waals surface area contributed by atoms with Crippen molar-refractivity contribution in [3.63, 3.8) is 0 Å². The molecule has 0 aliphatic heterocycles. The lowest BCUT2D eigenvalue weighted by Gasteiger charge is -2.13. The number of rotatable bonds is 3. The summed E-state index contributed by atoms with van der Waals surface area (Å²) in [4.78, 5) is 0. The van der Waals surface area contributed by atoms with Crippen LogP contribution < -0.4 is 0 Å². The number of benzene rings is 1. The third-order valence-electron chi connectivity index (χ3n) is 2.67. The highest BCUT2D eigenvalue weighted by atomic mass is 79.9. The van der Waals surface area contributed by atoms with Gasteiger partial charge in [-0.15, -0.1) is 0 Å². The molecule has 1 aliphatic carbocycles. The lowest BCUT2D eigenvalue weighted by atomic mass is 10.0. The molecule has 1 aromatic rings. The maximum Gasteiger partial charge on any atom is 0.146 e. The van der Waals surface area contributed by atoms with Gasteiger partial charge in [-0.2, -0.15) is 0 Å². The summed E-state index contributed by atoms with van der Waals surface area (Å²) in [7, 11) is 0. The minimum Gasteiger partial charge on any atom is -0.388 e. The van der Waals surface area contributed by atoms with Gasteiger partial charge >= 0.3 is 0 Å². The Morgan fingerprint density at radius 2 is 2.07 bits per heavy atom. The molecule has 1 nitrogen and oxygen atoms in total. The molecular weight excluding hydrogens is 266 g/mol. The Labute approximate surface area is 95.2 Å². The van der Waals surface area contributed by atoms with Crippen LogP contribution in [0.5, 0.6) is 0 Å². The Kier molecular flexibility index (Phi) is 3.07. The molecule has 0 radical (unpaired) electrons. The molecule has 1 saturated carbocycles. The predicted molar refractivity (Wildman–Crippen MR) is 56.4 cm³/mol. The largest absolute Gasteiger partial charge is 0.388 e. The SMILES string of the molecule is OC(CC1CC1)c1c(F)ccc(Br)c1F. The fraction of sp³-hybridized carbons (Fsp3) is 0.455. The Balaban J connectivity index is 2.27. The van der Waals surface area contributed by atoms with E-state index in [0.29, 0.717) is 12.3 Å². The van der Waals surface area contributed by atoms with E-state index in [1.54, 1.807) is 0 Å². The van der Waals surface area contributed by atoms with Gasteiger partial charge in [0, 0.05) is 0 Å². The zero-order chi connectivity index (χ0) is 11.0. The van der Waals surface area contributed by atoms with Crippen LogP contribution in [0.3, 0.4) is 0 Å². The highest BCUT2D eigenvalue weighted by Gasteiger charge is 2.28. The summed E-state index contributed by atoms with van der Waals surface area (Å²) in [6.45, 7) is 0. The molecule has 1 aliphatic rings. The van der Waals surface area contributed by atoms with Gasteiger partial charge in [0.2, 0.25) is 0 Å². The van der Waals surface area contributed by atoms with Gasteiger partial charge in [0.15, 0.2) is 0 Å². The van der Waals surface area contributed by atoms with Gasteiger partial charge in [0.05, 0.1) is 16.1 Å². The van der Waals surface area contributed by atoms with E-state index >= 15 is 0 Å². The number of aliphatic hydroxyl groups is 1. The van der Waals surface area contributed by atoms with Crippen LogP contribution in [-0.4, -0.2) is 5.11 Å². The first-order valence-corrected chi connectivity index (χ1v) is 5.70. The fourth-order valence-corrected chi connectivity index (χ4v) is 1.98. The second-order valence-corrected chi connectivity index (χ2v) is 4.81. The van der Waals surface area contributed by atoms with Crippen molar-refractivity contribution in [1.29, 1.82) is 0 Å². The van der Waals surface area contributed by atoms with E-state index in [1.165, 1.54) is 12.1 Å². The molecule has 0 spiro atoms. The molecule has 1 fully saturated rings. The maximum atomic E-state index is 13.5. The van der Waals surface area contributed by atoms with Crippen molar-refractivity contribution in [2.75, 3.05) is 0 Å². The molecule has 82 valence electrons. The molecule has 0 aromatic heterocycles. The molecule has 1 unspecified atom stereocenters. The lowest BCUT2D eigenvalue weighted by molar-refractivity contribution is 0.151. The van der Waals surface area contributed by atoms with E-state index < -0.39 is 17.7 Å². The quantitative estimate of drug-likeness (QED) is 0.837. The van der Waals surface area contributed by atoms with Gasteiger partial charge in [-0.25, -0.2) is 8.78 Å². The van der Waals surface area contributed by atoms with Crippen molar-refractivity contribution in [3.8, 4) is 0 Å². The lowest BCUT2D eigenvalue weighted by Crippen LogP contribution is -2.05. The Bertz CT molecular complexity index is 377. The Morgan fingerprint density at radius 1 is 1.40 bits per heavy atom. The summed E-state index contributed by atoms with van der Waals surface area (Å²) in [6.07, 6.45) is 1.52. The minimum absolute atomic E-state index is 0.189. The van der Waals surface area contributed by atoms with Crippen LogP contribution in [0, 0.1) is 17.6 Å². The van der Waals surface area contributed by atoms with Crippen molar-refractivity contribution in [2.45, 2.75) is 25.4 Å². The summed E-state index contributed by atoms with van der Waals surface area (Å²) in [5, 5.41) is 9.72. The van der Waals surface area contributed by atoms with E-state index in [0.717, 1.165) is 12.8 Å². The van der Waals surface area contributed by atoms with Gasteiger partial charge < -0.3 is 5.11 Å². The molecule has 0 amide bonds. The molecule has 15 heavy (non-hydrogen) atoms. The fourth-order valence-electron chi connectivity index (χ4n) is 1.64. The third-order valence-corrected chi connectivity index (χ3v) is 3.28. The number of hydrogen-bond acceptors (Lipinski definition) is 1. The van der Waals surface area contributed by atoms with E-state index in [4.69, 9.17) is 0 Å². The van der Waals surface area contributed by atoms with Crippen molar-refractivity contribution >= 4 is 15.9 Å². The van der Waals surface area contributed by atoms with Crippen LogP contribution in [-0.2, 0) is 0 Å². The van der Waals surface area contributed by atoms with Crippen LogP contribution >= 0.6 is 15.9 Å². The van der Waals surface area contributed by atoms with Gasteiger partial charge in [0.25, 0.3) is 0 Å². The standard InChI is InChI=1S/C11H11BrF2O/c12-7-3-4-8(13)10(11(7)14)9(15)5-6-1-2-6/h3-4,6,9,15H,1-2,5H2. The van der Waals surface area contributed by atoms with Crippen molar-refractivity contribution in [3.05, 3.63) is 33.8 Å². The molecular formula is C11H11BrF2O. The van der Waals surface area contributed by atoms with Crippen LogP contribution in [0.1, 0.15) is 30.9 Å². The second-order valence-electron chi connectivity index (χ2n) is 3.95. The molecule has 1 atom stereocenters. The van der Waals surface area contributed by atoms with Crippen molar-refractivity contribution in [2.24, 2.45) is 5.92 Å². The normalized spacial score (nSPS) is 17.9. The first-order chi connectivity index (χ1) is 7.09. The topological polar surface area (TPSA) is 20.2 Å². The van der Waals surface area contributed by atoms with E-state index in [2.05, 4.69) is 15.9 Å². The first-order valence-electron chi connectivity index (χ1n) is 4.91. The van der Waals surface area contributed by atoms with E-state index in [1.807, 2.05) is 0 Å². The van der Waals surface area contributed by atoms with Crippen LogP contribution in [0.25, 0.3) is 0 Å². The van der Waals surface area contributed by atoms with Gasteiger partial charge in [-0.05, 0) is 40.4 Å². The monoisotopic (exact) mass is 276 g/mol. The highest BCUT2D eigenvalue weighted by Crippen LogP contribution is 2.39. The Hall–Kier alpha value is -0.480. The predicted octanol–water partition coefficient (Wildman–Crippen LogP) is 3.56. The zero-order valence-electron chi connectivity index (χ0n) is 8.01. The van der Waals surface area contributed by atoms with Crippen LogP contribution in [0.15, 0.2) is 16.6 Å². The van der Waals surface area contributed by atoms with E-state index in [-0.39, 0.29) is 10.0 Å². The summed E-state index contributed by atoms with van der Waals surface area (Å²) in [5.41, 5.74) is -0.212. The maximum absolute atomic E-state index is 13.5. The second kappa shape index (κ2) is 4.18. The summed E-state index contributed by atoms with van der Waals surface area (Å²) in [5.74, 6) is -0.940. The molecule has 0 bridgehead atoms. The molecule has 1 aromatic carbocycles. The molecule has 0 saturated heterocycles. The number of aliphatic hydroxyl groups excluding tert-OH is 1.